The van der Waals surface area contributed by atoms with Crippen molar-refractivity contribution >= 4 is 21.6 Å². The van der Waals surface area contributed by atoms with Crippen molar-refractivity contribution in [2.24, 2.45) is 5.92 Å². The third-order valence-electron chi connectivity index (χ3n) is 4.52. The van der Waals surface area contributed by atoms with Crippen LogP contribution in [0.3, 0.4) is 0 Å². The summed E-state index contributed by atoms with van der Waals surface area (Å²) in [5, 5.41) is 9.54. The molecule has 0 spiro atoms. The number of aliphatic hydroxyl groups is 1. The average Bonchev–Trinajstić information content (AvgIpc) is 2.86. The van der Waals surface area contributed by atoms with Gasteiger partial charge in [0, 0.05) is 28.3 Å². The van der Waals surface area contributed by atoms with E-state index in [1.54, 1.807) is 0 Å². The van der Waals surface area contributed by atoms with Gasteiger partial charge in [0.25, 0.3) is 0 Å². The van der Waals surface area contributed by atoms with Gasteiger partial charge < -0.3 is 10.0 Å². The van der Waals surface area contributed by atoms with Gasteiger partial charge in [-0.3, -0.25) is 0 Å². The zero-order valence-electron chi connectivity index (χ0n) is 10.6. The molecule has 2 fully saturated rings. The highest BCUT2D eigenvalue weighted by molar-refractivity contribution is 9.10. The summed E-state index contributed by atoms with van der Waals surface area (Å²) in [6, 6.07) is 6.94. The summed E-state index contributed by atoms with van der Waals surface area (Å²) in [5.74, 6) is 0.879. The lowest BCUT2D eigenvalue weighted by molar-refractivity contribution is 0.280. The maximum atomic E-state index is 9.54. The molecule has 0 radical (unpaired) electrons. The SMILES string of the molecule is OCc1ccc(Br)cc1N1CCCC2CCCC21. The number of rotatable bonds is 2. The van der Waals surface area contributed by atoms with Gasteiger partial charge in [-0.15, -0.1) is 0 Å². The Labute approximate surface area is 117 Å². The summed E-state index contributed by atoms with van der Waals surface area (Å²) in [7, 11) is 0. The molecule has 18 heavy (non-hydrogen) atoms. The maximum absolute atomic E-state index is 9.54. The number of halogens is 1. The molecule has 3 heteroatoms. The lowest BCUT2D eigenvalue weighted by atomic mass is 9.91. The van der Waals surface area contributed by atoms with Crippen LogP contribution in [-0.4, -0.2) is 17.7 Å². The van der Waals surface area contributed by atoms with Gasteiger partial charge in [-0.25, -0.2) is 0 Å². The van der Waals surface area contributed by atoms with Crippen molar-refractivity contribution in [2.45, 2.75) is 44.8 Å². The topological polar surface area (TPSA) is 23.5 Å². The van der Waals surface area contributed by atoms with Crippen molar-refractivity contribution < 1.29 is 5.11 Å². The molecular formula is C15H20BrNO. The van der Waals surface area contributed by atoms with Crippen LogP contribution in [-0.2, 0) is 6.61 Å². The number of hydrogen-bond acceptors (Lipinski definition) is 2. The molecule has 0 aromatic heterocycles. The number of anilines is 1. The Morgan fingerprint density at radius 1 is 1.22 bits per heavy atom. The first-order valence-corrected chi connectivity index (χ1v) is 7.75. The number of aliphatic hydroxyl groups excluding tert-OH is 1. The summed E-state index contributed by atoms with van der Waals surface area (Å²) in [4.78, 5) is 2.55. The first-order chi connectivity index (χ1) is 8.79. The number of piperidine rings is 1. The molecule has 0 amide bonds. The molecule has 2 unspecified atom stereocenters. The second-order valence-electron chi connectivity index (χ2n) is 5.53. The van der Waals surface area contributed by atoms with Gasteiger partial charge in [-0.1, -0.05) is 28.4 Å². The van der Waals surface area contributed by atoms with Crippen molar-refractivity contribution in [2.75, 3.05) is 11.4 Å². The molecule has 1 aliphatic heterocycles. The molecule has 2 nitrogen and oxygen atoms in total. The highest BCUT2D eigenvalue weighted by atomic mass is 79.9. The fourth-order valence-corrected chi connectivity index (χ4v) is 4.04. The number of benzene rings is 1. The van der Waals surface area contributed by atoms with E-state index in [-0.39, 0.29) is 6.61 Å². The predicted octanol–water partition coefficient (Wildman–Crippen LogP) is 3.71. The highest BCUT2D eigenvalue weighted by Crippen LogP contribution is 2.40. The summed E-state index contributed by atoms with van der Waals surface area (Å²) in [6.45, 7) is 1.28. The Hall–Kier alpha value is -0.540. The van der Waals surface area contributed by atoms with Crippen molar-refractivity contribution in [3.05, 3.63) is 28.2 Å². The van der Waals surface area contributed by atoms with Crippen LogP contribution in [0.25, 0.3) is 0 Å². The van der Waals surface area contributed by atoms with Crippen LogP contribution >= 0.6 is 15.9 Å². The summed E-state index contributed by atoms with van der Waals surface area (Å²) >= 11 is 3.56. The Balaban J connectivity index is 1.95. The first kappa shape index (κ1) is 12.5. The molecule has 1 heterocycles. The molecule has 98 valence electrons. The zero-order chi connectivity index (χ0) is 12.5. The Kier molecular flexibility index (Phi) is 3.62. The van der Waals surface area contributed by atoms with Crippen molar-refractivity contribution in [1.29, 1.82) is 0 Å². The van der Waals surface area contributed by atoms with E-state index in [2.05, 4.69) is 26.9 Å². The molecular weight excluding hydrogens is 290 g/mol. The van der Waals surface area contributed by atoms with E-state index in [4.69, 9.17) is 0 Å². The van der Waals surface area contributed by atoms with Crippen LogP contribution in [0, 0.1) is 5.92 Å². The minimum atomic E-state index is 0.135. The number of fused-ring (bicyclic) bond motifs is 1. The molecule has 1 saturated heterocycles. The third-order valence-corrected chi connectivity index (χ3v) is 5.01. The molecule has 2 atom stereocenters. The average molecular weight is 310 g/mol. The minimum absolute atomic E-state index is 0.135. The van der Waals surface area contributed by atoms with E-state index in [0.717, 1.165) is 22.5 Å². The molecule has 2 aliphatic rings. The predicted molar refractivity (Wildman–Crippen MR) is 77.8 cm³/mol. The second-order valence-corrected chi connectivity index (χ2v) is 6.44. The van der Waals surface area contributed by atoms with E-state index in [0.29, 0.717) is 6.04 Å². The van der Waals surface area contributed by atoms with Gasteiger partial charge in [0.05, 0.1) is 6.61 Å². The van der Waals surface area contributed by atoms with Crippen LogP contribution in [0.2, 0.25) is 0 Å². The summed E-state index contributed by atoms with van der Waals surface area (Å²) in [5.41, 5.74) is 2.30. The molecule has 1 aromatic carbocycles. The monoisotopic (exact) mass is 309 g/mol. The van der Waals surface area contributed by atoms with Crippen LogP contribution in [0.1, 0.15) is 37.7 Å². The van der Waals surface area contributed by atoms with E-state index in [1.807, 2.05) is 12.1 Å². The zero-order valence-corrected chi connectivity index (χ0v) is 12.2. The van der Waals surface area contributed by atoms with Crippen molar-refractivity contribution in [3.8, 4) is 0 Å². The lowest BCUT2D eigenvalue weighted by Gasteiger charge is -2.40. The molecule has 1 aromatic rings. The van der Waals surface area contributed by atoms with Gasteiger partial charge in [-0.2, -0.15) is 0 Å². The van der Waals surface area contributed by atoms with Gasteiger partial charge in [0.15, 0.2) is 0 Å². The Morgan fingerprint density at radius 3 is 2.89 bits per heavy atom. The Bertz CT molecular complexity index is 435. The fraction of sp³-hybridized carbons (Fsp3) is 0.600. The molecule has 1 saturated carbocycles. The molecule has 3 rings (SSSR count). The largest absolute Gasteiger partial charge is 0.392 e. The minimum Gasteiger partial charge on any atom is -0.392 e. The Morgan fingerprint density at radius 2 is 2.06 bits per heavy atom. The van der Waals surface area contributed by atoms with Crippen molar-refractivity contribution in [3.63, 3.8) is 0 Å². The lowest BCUT2D eigenvalue weighted by Crippen LogP contribution is -2.43. The van der Waals surface area contributed by atoms with Crippen molar-refractivity contribution in [1.82, 2.24) is 0 Å². The summed E-state index contributed by atoms with van der Waals surface area (Å²) < 4.78 is 1.11. The van der Waals surface area contributed by atoms with Crippen LogP contribution in [0.5, 0.6) is 0 Å². The fourth-order valence-electron chi connectivity index (χ4n) is 3.69. The quantitative estimate of drug-likeness (QED) is 0.900. The molecule has 0 bridgehead atoms. The van der Waals surface area contributed by atoms with Gasteiger partial charge in [-0.05, 0) is 43.7 Å². The first-order valence-electron chi connectivity index (χ1n) is 6.95. The van der Waals surface area contributed by atoms with Crippen LogP contribution in [0.15, 0.2) is 22.7 Å². The third kappa shape index (κ3) is 2.19. The second kappa shape index (κ2) is 5.22. The van der Waals surface area contributed by atoms with Crippen LogP contribution < -0.4 is 4.90 Å². The smallest absolute Gasteiger partial charge is 0.0702 e. The number of nitrogens with zero attached hydrogens (tertiary/aromatic N) is 1. The standard InChI is InChI=1S/C15H20BrNO/c16-13-7-6-12(10-18)15(9-13)17-8-2-4-11-3-1-5-14(11)17/h6-7,9,11,14,18H,1-5,8,10H2. The normalized spacial score (nSPS) is 27.3. The maximum Gasteiger partial charge on any atom is 0.0702 e. The number of hydrogen-bond donors (Lipinski definition) is 1. The van der Waals surface area contributed by atoms with E-state index >= 15 is 0 Å². The molecule has 1 N–H and O–H groups in total. The summed E-state index contributed by atoms with van der Waals surface area (Å²) in [6.07, 6.45) is 6.77. The van der Waals surface area contributed by atoms with E-state index in [9.17, 15) is 5.11 Å². The highest BCUT2D eigenvalue weighted by Gasteiger charge is 2.35. The van der Waals surface area contributed by atoms with E-state index < -0.39 is 0 Å². The van der Waals surface area contributed by atoms with Gasteiger partial charge >= 0.3 is 0 Å². The van der Waals surface area contributed by atoms with E-state index in [1.165, 1.54) is 37.8 Å². The van der Waals surface area contributed by atoms with Gasteiger partial charge in [0.1, 0.15) is 0 Å². The molecule has 1 aliphatic carbocycles. The van der Waals surface area contributed by atoms with Crippen LogP contribution in [0.4, 0.5) is 5.69 Å². The van der Waals surface area contributed by atoms with Gasteiger partial charge in [0.2, 0.25) is 0 Å².